The standard InChI is InChI=1S/C14H16ClN5O3/c1-8(17-14(22)23-2)13-18-12(7-11(16)21)19-20(13)10-6-4-3-5-9(10)15/h3-6,8H,7H2,1-2H3,(H2,16,21)(H,17,22). The van der Waals surface area contributed by atoms with E-state index in [1.54, 1.807) is 31.2 Å². The lowest BCUT2D eigenvalue weighted by molar-refractivity contribution is -0.117. The second-order valence-electron chi connectivity index (χ2n) is 4.75. The summed E-state index contributed by atoms with van der Waals surface area (Å²) in [6, 6.07) is 6.50. The van der Waals surface area contributed by atoms with E-state index in [4.69, 9.17) is 17.3 Å². The summed E-state index contributed by atoms with van der Waals surface area (Å²) in [7, 11) is 1.26. The highest BCUT2D eigenvalue weighted by Crippen LogP contribution is 2.23. The Labute approximate surface area is 137 Å². The number of nitrogens with one attached hydrogen (secondary N) is 1. The Kier molecular flexibility index (Phi) is 5.17. The third-order valence-electron chi connectivity index (χ3n) is 3.00. The summed E-state index contributed by atoms with van der Waals surface area (Å²) in [6.07, 6.45) is -0.724. The first kappa shape index (κ1) is 16.8. The maximum atomic E-state index is 11.4. The van der Waals surface area contributed by atoms with Gasteiger partial charge in [0.15, 0.2) is 11.6 Å². The van der Waals surface area contributed by atoms with E-state index >= 15 is 0 Å². The smallest absolute Gasteiger partial charge is 0.407 e. The van der Waals surface area contributed by atoms with E-state index in [0.29, 0.717) is 16.5 Å². The van der Waals surface area contributed by atoms with Gasteiger partial charge in [0.1, 0.15) is 0 Å². The van der Waals surface area contributed by atoms with E-state index in [9.17, 15) is 9.59 Å². The number of nitrogens with zero attached hydrogens (tertiary/aromatic N) is 3. The normalized spacial score (nSPS) is 11.8. The summed E-state index contributed by atoms with van der Waals surface area (Å²) in [6.45, 7) is 1.71. The van der Waals surface area contributed by atoms with E-state index in [1.807, 2.05) is 0 Å². The quantitative estimate of drug-likeness (QED) is 0.855. The fourth-order valence-corrected chi connectivity index (χ4v) is 2.20. The molecule has 0 aliphatic heterocycles. The number of rotatable bonds is 5. The molecule has 23 heavy (non-hydrogen) atoms. The number of primary amides is 1. The Hall–Kier alpha value is -2.61. The Morgan fingerprint density at radius 3 is 2.74 bits per heavy atom. The zero-order chi connectivity index (χ0) is 17.0. The minimum Gasteiger partial charge on any atom is -0.453 e. The highest BCUT2D eigenvalue weighted by atomic mass is 35.5. The van der Waals surface area contributed by atoms with Crippen LogP contribution in [-0.4, -0.2) is 33.9 Å². The predicted molar refractivity (Wildman–Crippen MR) is 83.2 cm³/mol. The summed E-state index contributed by atoms with van der Waals surface area (Å²) < 4.78 is 6.05. The largest absolute Gasteiger partial charge is 0.453 e. The molecule has 0 spiro atoms. The Morgan fingerprint density at radius 2 is 2.13 bits per heavy atom. The number of para-hydroxylation sites is 1. The van der Waals surface area contributed by atoms with Crippen LogP contribution in [0.25, 0.3) is 5.69 Å². The summed E-state index contributed by atoms with van der Waals surface area (Å²) >= 11 is 6.19. The van der Waals surface area contributed by atoms with Crippen LogP contribution in [0, 0.1) is 0 Å². The summed E-state index contributed by atoms with van der Waals surface area (Å²) in [4.78, 5) is 26.8. The first-order valence-corrected chi connectivity index (χ1v) is 7.13. The number of halogens is 1. The number of carbonyl (C=O) groups is 2. The maximum Gasteiger partial charge on any atom is 0.407 e. The third-order valence-corrected chi connectivity index (χ3v) is 3.32. The molecule has 3 N–H and O–H groups in total. The van der Waals surface area contributed by atoms with Gasteiger partial charge < -0.3 is 15.8 Å². The van der Waals surface area contributed by atoms with Crippen LogP contribution in [0.4, 0.5) is 4.79 Å². The average molecular weight is 338 g/mol. The van der Waals surface area contributed by atoms with Crippen molar-refractivity contribution in [2.24, 2.45) is 5.73 Å². The molecule has 0 saturated carbocycles. The average Bonchev–Trinajstić information content (AvgIpc) is 2.90. The molecule has 1 atom stereocenters. The van der Waals surface area contributed by atoms with Crippen LogP contribution in [-0.2, 0) is 16.0 Å². The second-order valence-corrected chi connectivity index (χ2v) is 5.16. The zero-order valence-electron chi connectivity index (χ0n) is 12.6. The van der Waals surface area contributed by atoms with Crippen molar-refractivity contribution in [3.05, 3.63) is 40.9 Å². The summed E-state index contributed by atoms with van der Waals surface area (Å²) in [5.41, 5.74) is 5.76. The second kappa shape index (κ2) is 7.10. The molecule has 8 nitrogen and oxygen atoms in total. The van der Waals surface area contributed by atoms with Crippen LogP contribution in [0.5, 0.6) is 0 Å². The van der Waals surface area contributed by atoms with Crippen LogP contribution in [0.2, 0.25) is 5.02 Å². The lowest BCUT2D eigenvalue weighted by Crippen LogP contribution is -2.28. The highest BCUT2D eigenvalue weighted by Gasteiger charge is 2.21. The van der Waals surface area contributed by atoms with Gasteiger partial charge in [-0.05, 0) is 19.1 Å². The number of ether oxygens (including phenoxy) is 1. The molecule has 2 rings (SSSR count). The van der Waals surface area contributed by atoms with Gasteiger partial charge in [0.2, 0.25) is 5.91 Å². The van der Waals surface area contributed by atoms with E-state index in [-0.39, 0.29) is 12.2 Å². The maximum absolute atomic E-state index is 11.4. The summed E-state index contributed by atoms with van der Waals surface area (Å²) in [5.74, 6) is 0.0899. The fourth-order valence-electron chi connectivity index (χ4n) is 1.98. The topological polar surface area (TPSA) is 112 Å². The van der Waals surface area contributed by atoms with Crippen LogP contribution < -0.4 is 11.1 Å². The SMILES string of the molecule is COC(=O)NC(C)c1nc(CC(N)=O)nn1-c1ccccc1Cl. The number of hydrogen-bond donors (Lipinski definition) is 2. The fraction of sp³-hybridized carbons (Fsp3) is 0.286. The number of carbonyl (C=O) groups excluding carboxylic acids is 2. The predicted octanol–water partition coefficient (Wildman–Crippen LogP) is 1.37. The van der Waals surface area contributed by atoms with Crippen molar-refractivity contribution in [2.75, 3.05) is 7.11 Å². The van der Waals surface area contributed by atoms with Crippen LogP contribution in [0.3, 0.4) is 0 Å². The third kappa shape index (κ3) is 3.98. The van der Waals surface area contributed by atoms with E-state index in [0.717, 1.165) is 0 Å². The number of alkyl carbamates (subject to hydrolysis) is 1. The molecule has 0 aliphatic carbocycles. The molecular weight excluding hydrogens is 322 g/mol. The molecule has 2 amide bonds. The molecule has 122 valence electrons. The number of nitrogens with two attached hydrogens (primary N) is 1. The van der Waals surface area contributed by atoms with Gasteiger partial charge in [0, 0.05) is 0 Å². The summed E-state index contributed by atoms with van der Waals surface area (Å²) in [5, 5.41) is 7.32. The van der Waals surface area contributed by atoms with Gasteiger partial charge in [-0.2, -0.15) is 5.10 Å². The van der Waals surface area contributed by atoms with Crippen molar-refractivity contribution >= 4 is 23.6 Å². The Balaban J connectivity index is 2.46. The zero-order valence-corrected chi connectivity index (χ0v) is 13.4. The van der Waals surface area contributed by atoms with E-state index in [2.05, 4.69) is 20.1 Å². The molecule has 1 aromatic carbocycles. The number of amides is 2. The lowest BCUT2D eigenvalue weighted by Gasteiger charge is -2.14. The first-order chi connectivity index (χ1) is 10.9. The van der Waals surface area contributed by atoms with Gasteiger partial charge in [-0.25, -0.2) is 14.5 Å². The molecule has 0 radical (unpaired) electrons. The van der Waals surface area contributed by atoms with Crippen molar-refractivity contribution in [3.63, 3.8) is 0 Å². The van der Waals surface area contributed by atoms with Crippen LogP contribution in [0.1, 0.15) is 24.6 Å². The molecule has 0 bridgehead atoms. The molecule has 9 heteroatoms. The van der Waals surface area contributed by atoms with Crippen molar-refractivity contribution in [3.8, 4) is 5.69 Å². The molecule has 1 unspecified atom stereocenters. The van der Waals surface area contributed by atoms with Gasteiger partial charge >= 0.3 is 6.09 Å². The Bertz CT molecular complexity index is 731. The van der Waals surface area contributed by atoms with Crippen molar-refractivity contribution in [1.29, 1.82) is 0 Å². The number of hydrogen-bond acceptors (Lipinski definition) is 5. The van der Waals surface area contributed by atoms with Gasteiger partial charge in [-0.3, -0.25) is 4.79 Å². The molecule has 0 fully saturated rings. The van der Waals surface area contributed by atoms with Crippen LogP contribution >= 0.6 is 11.6 Å². The number of aromatic nitrogens is 3. The Morgan fingerprint density at radius 1 is 1.43 bits per heavy atom. The van der Waals surface area contributed by atoms with Crippen molar-refractivity contribution in [1.82, 2.24) is 20.1 Å². The molecule has 0 aliphatic rings. The number of methoxy groups -OCH3 is 1. The van der Waals surface area contributed by atoms with Crippen molar-refractivity contribution in [2.45, 2.75) is 19.4 Å². The van der Waals surface area contributed by atoms with Gasteiger partial charge in [0.05, 0.1) is 30.3 Å². The molecule has 0 saturated heterocycles. The first-order valence-electron chi connectivity index (χ1n) is 6.76. The molecule has 1 aromatic heterocycles. The van der Waals surface area contributed by atoms with Gasteiger partial charge in [0.25, 0.3) is 0 Å². The van der Waals surface area contributed by atoms with E-state index < -0.39 is 18.0 Å². The number of benzene rings is 1. The minimum absolute atomic E-state index is 0.116. The lowest BCUT2D eigenvalue weighted by atomic mass is 10.3. The van der Waals surface area contributed by atoms with Gasteiger partial charge in [-0.1, -0.05) is 23.7 Å². The molecule has 2 aromatic rings. The van der Waals surface area contributed by atoms with E-state index in [1.165, 1.54) is 11.8 Å². The highest BCUT2D eigenvalue weighted by molar-refractivity contribution is 6.32. The minimum atomic E-state index is -0.609. The monoisotopic (exact) mass is 337 g/mol. The molecular formula is C14H16ClN5O3. The molecule has 1 heterocycles. The van der Waals surface area contributed by atoms with Crippen molar-refractivity contribution < 1.29 is 14.3 Å². The van der Waals surface area contributed by atoms with Crippen LogP contribution in [0.15, 0.2) is 24.3 Å². The van der Waals surface area contributed by atoms with Gasteiger partial charge in [-0.15, -0.1) is 0 Å².